The van der Waals surface area contributed by atoms with Crippen LogP contribution >= 0.6 is 0 Å². The number of methoxy groups -OCH3 is 1. The zero-order valence-corrected chi connectivity index (χ0v) is 16.3. The maximum Gasteiger partial charge on any atom is 0.242 e. The number of nitrogens with one attached hydrogen (secondary N) is 1. The number of carbonyl (C=O) groups excluding carboxylic acids is 2. The highest BCUT2D eigenvalue weighted by atomic mass is 16.5. The lowest BCUT2D eigenvalue weighted by Gasteiger charge is -2.31. The van der Waals surface area contributed by atoms with Gasteiger partial charge in [0.25, 0.3) is 0 Å². The van der Waals surface area contributed by atoms with E-state index in [9.17, 15) is 9.59 Å². The lowest BCUT2D eigenvalue weighted by Crippen LogP contribution is -2.51. The standard InChI is InChI=1S/C22H26N2O3/c1-15-13-17-7-5-6-8-19(17)24(15)21(26)22(2,3)20(25)23-14-16-9-11-18(27-4)12-10-16/h5-12,15H,13-14H2,1-4H3,(H,23,25). The Kier molecular flexibility index (Phi) is 5.22. The van der Waals surface area contributed by atoms with Crippen molar-refractivity contribution in [1.82, 2.24) is 5.32 Å². The van der Waals surface area contributed by atoms with Gasteiger partial charge in [0.05, 0.1) is 7.11 Å². The first-order valence-corrected chi connectivity index (χ1v) is 9.17. The lowest BCUT2D eigenvalue weighted by atomic mass is 9.89. The number of fused-ring (bicyclic) bond motifs is 1. The minimum atomic E-state index is -1.15. The van der Waals surface area contributed by atoms with Crippen LogP contribution in [0.15, 0.2) is 48.5 Å². The van der Waals surface area contributed by atoms with E-state index in [0.717, 1.165) is 29.0 Å². The summed E-state index contributed by atoms with van der Waals surface area (Å²) in [5, 5.41) is 2.89. The second kappa shape index (κ2) is 7.43. The highest BCUT2D eigenvalue weighted by molar-refractivity contribution is 6.12. The average Bonchev–Trinajstić information content (AvgIpc) is 3.01. The maximum atomic E-state index is 13.2. The molecule has 1 aliphatic rings. The zero-order valence-electron chi connectivity index (χ0n) is 16.3. The normalized spacial score (nSPS) is 16.0. The summed E-state index contributed by atoms with van der Waals surface area (Å²) < 4.78 is 5.14. The van der Waals surface area contributed by atoms with Gasteiger partial charge < -0.3 is 15.0 Å². The van der Waals surface area contributed by atoms with E-state index in [1.165, 1.54) is 0 Å². The third kappa shape index (κ3) is 3.68. The molecule has 1 aliphatic heterocycles. The molecular formula is C22H26N2O3. The van der Waals surface area contributed by atoms with Crippen molar-refractivity contribution in [3.63, 3.8) is 0 Å². The quantitative estimate of drug-likeness (QED) is 0.826. The number of rotatable bonds is 5. The first-order valence-electron chi connectivity index (χ1n) is 9.17. The molecule has 1 unspecified atom stereocenters. The molecule has 0 saturated carbocycles. The van der Waals surface area contributed by atoms with Crippen LogP contribution in [-0.2, 0) is 22.6 Å². The van der Waals surface area contributed by atoms with Crippen LogP contribution < -0.4 is 15.0 Å². The van der Waals surface area contributed by atoms with Crippen molar-refractivity contribution in [1.29, 1.82) is 0 Å². The molecule has 0 bridgehead atoms. The van der Waals surface area contributed by atoms with Gasteiger partial charge in [-0.2, -0.15) is 0 Å². The summed E-state index contributed by atoms with van der Waals surface area (Å²) in [6.45, 7) is 5.76. The fourth-order valence-electron chi connectivity index (χ4n) is 3.42. The smallest absolute Gasteiger partial charge is 0.242 e. The molecule has 1 atom stereocenters. The van der Waals surface area contributed by atoms with Gasteiger partial charge in [0.15, 0.2) is 0 Å². The van der Waals surface area contributed by atoms with Gasteiger partial charge in [-0.1, -0.05) is 30.3 Å². The number of nitrogens with zero attached hydrogens (tertiary/aromatic N) is 1. The second-order valence-corrected chi connectivity index (χ2v) is 7.51. The van der Waals surface area contributed by atoms with Crippen molar-refractivity contribution < 1.29 is 14.3 Å². The maximum absolute atomic E-state index is 13.2. The number of hydrogen-bond donors (Lipinski definition) is 1. The highest BCUT2D eigenvalue weighted by Crippen LogP contribution is 2.35. The van der Waals surface area contributed by atoms with Crippen LogP contribution in [0.25, 0.3) is 0 Å². The number of amides is 2. The molecule has 27 heavy (non-hydrogen) atoms. The molecule has 0 radical (unpaired) electrons. The predicted octanol–water partition coefficient (Wildman–Crippen LogP) is 3.32. The van der Waals surface area contributed by atoms with E-state index >= 15 is 0 Å². The van der Waals surface area contributed by atoms with E-state index in [1.807, 2.05) is 55.5 Å². The monoisotopic (exact) mass is 366 g/mol. The molecule has 5 nitrogen and oxygen atoms in total. The minimum absolute atomic E-state index is 0.0450. The fourth-order valence-corrected chi connectivity index (χ4v) is 3.42. The molecular weight excluding hydrogens is 340 g/mol. The van der Waals surface area contributed by atoms with Gasteiger partial charge in [-0.15, -0.1) is 0 Å². The van der Waals surface area contributed by atoms with Crippen molar-refractivity contribution in [3.8, 4) is 5.75 Å². The predicted molar refractivity (Wildman–Crippen MR) is 106 cm³/mol. The van der Waals surface area contributed by atoms with E-state index in [4.69, 9.17) is 4.74 Å². The first-order chi connectivity index (χ1) is 12.8. The molecule has 0 fully saturated rings. The zero-order chi connectivity index (χ0) is 19.6. The van der Waals surface area contributed by atoms with Gasteiger partial charge in [0.2, 0.25) is 11.8 Å². The number of carbonyl (C=O) groups is 2. The van der Waals surface area contributed by atoms with Crippen LogP contribution in [0.4, 0.5) is 5.69 Å². The second-order valence-electron chi connectivity index (χ2n) is 7.51. The van der Waals surface area contributed by atoms with Crippen molar-refractivity contribution in [3.05, 3.63) is 59.7 Å². The number of benzene rings is 2. The Bertz CT molecular complexity index is 843. The Balaban J connectivity index is 1.71. The van der Waals surface area contributed by atoms with Crippen LogP contribution in [0.2, 0.25) is 0 Å². The largest absolute Gasteiger partial charge is 0.497 e. The SMILES string of the molecule is COc1ccc(CNC(=O)C(C)(C)C(=O)N2c3ccccc3CC2C)cc1. The van der Waals surface area contributed by atoms with Gasteiger partial charge in [0, 0.05) is 18.3 Å². The summed E-state index contributed by atoms with van der Waals surface area (Å²) >= 11 is 0. The molecule has 5 heteroatoms. The first kappa shape index (κ1) is 19.0. The molecule has 2 aromatic carbocycles. The molecule has 1 heterocycles. The molecule has 0 aliphatic carbocycles. The summed E-state index contributed by atoms with van der Waals surface area (Å²) in [5.41, 5.74) is 1.85. The number of anilines is 1. The summed E-state index contributed by atoms with van der Waals surface area (Å²) in [4.78, 5) is 27.8. The van der Waals surface area contributed by atoms with Crippen molar-refractivity contribution >= 4 is 17.5 Å². The summed E-state index contributed by atoms with van der Waals surface area (Å²) in [7, 11) is 1.61. The molecule has 2 amide bonds. The Morgan fingerprint density at radius 3 is 2.48 bits per heavy atom. The van der Waals surface area contributed by atoms with E-state index in [1.54, 1.807) is 25.9 Å². The van der Waals surface area contributed by atoms with Crippen LogP contribution in [-0.4, -0.2) is 25.0 Å². The van der Waals surface area contributed by atoms with Crippen molar-refractivity contribution in [2.45, 2.75) is 39.8 Å². The van der Waals surface area contributed by atoms with Crippen LogP contribution in [0.3, 0.4) is 0 Å². The Morgan fingerprint density at radius 2 is 1.81 bits per heavy atom. The van der Waals surface area contributed by atoms with Gasteiger partial charge in [-0.3, -0.25) is 9.59 Å². The van der Waals surface area contributed by atoms with Gasteiger partial charge >= 0.3 is 0 Å². The molecule has 142 valence electrons. The van der Waals surface area contributed by atoms with Crippen molar-refractivity contribution in [2.24, 2.45) is 5.41 Å². The van der Waals surface area contributed by atoms with E-state index in [2.05, 4.69) is 5.32 Å². The summed E-state index contributed by atoms with van der Waals surface area (Å²) in [6.07, 6.45) is 0.811. The van der Waals surface area contributed by atoms with E-state index < -0.39 is 5.41 Å². The molecule has 0 spiro atoms. The van der Waals surface area contributed by atoms with Gasteiger partial charge in [-0.05, 0) is 56.5 Å². The molecule has 2 aromatic rings. The van der Waals surface area contributed by atoms with E-state index in [0.29, 0.717) is 6.54 Å². The lowest BCUT2D eigenvalue weighted by molar-refractivity contribution is -0.140. The van der Waals surface area contributed by atoms with Gasteiger partial charge in [0.1, 0.15) is 11.2 Å². The molecule has 0 aromatic heterocycles. The number of para-hydroxylation sites is 1. The topological polar surface area (TPSA) is 58.6 Å². The van der Waals surface area contributed by atoms with Crippen LogP contribution in [0.1, 0.15) is 31.9 Å². The Morgan fingerprint density at radius 1 is 1.15 bits per heavy atom. The fraction of sp³-hybridized carbons (Fsp3) is 0.364. The minimum Gasteiger partial charge on any atom is -0.497 e. The summed E-state index contributed by atoms with van der Waals surface area (Å²) in [5.74, 6) is 0.314. The molecule has 3 rings (SSSR count). The van der Waals surface area contributed by atoms with Crippen LogP contribution in [0.5, 0.6) is 5.75 Å². The van der Waals surface area contributed by atoms with Gasteiger partial charge in [-0.25, -0.2) is 0 Å². The number of hydrogen-bond acceptors (Lipinski definition) is 3. The van der Waals surface area contributed by atoms with E-state index in [-0.39, 0.29) is 17.9 Å². The van der Waals surface area contributed by atoms with Crippen LogP contribution in [0, 0.1) is 5.41 Å². The Labute approximate surface area is 160 Å². The average molecular weight is 366 g/mol. The third-order valence-electron chi connectivity index (χ3n) is 5.14. The Hall–Kier alpha value is -2.82. The number of ether oxygens (including phenoxy) is 1. The molecule has 0 saturated heterocycles. The third-order valence-corrected chi connectivity index (χ3v) is 5.14. The molecule has 1 N–H and O–H groups in total. The van der Waals surface area contributed by atoms with Crippen molar-refractivity contribution in [2.75, 3.05) is 12.0 Å². The highest BCUT2D eigenvalue weighted by Gasteiger charge is 2.43. The summed E-state index contributed by atoms with van der Waals surface area (Å²) in [6, 6.07) is 15.4.